The number of carbonyl (C=O) groups excluding carboxylic acids is 1. The van der Waals surface area contributed by atoms with Gasteiger partial charge in [-0.05, 0) is 88.5 Å². The topological polar surface area (TPSA) is 102 Å². The van der Waals surface area contributed by atoms with Gasteiger partial charge in [0, 0.05) is 17.0 Å². The molecule has 2 aromatic heterocycles. The lowest BCUT2D eigenvalue weighted by molar-refractivity contribution is -0.274. The summed E-state index contributed by atoms with van der Waals surface area (Å²) in [5, 5.41) is 4.73. The summed E-state index contributed by atoms with van der Waals surface area (Å²) in [6.45, 7) is 4.01. The molecule has 250 valence electrons. The zero-order valence-corrected chi connectivity index (χ0v) is 27.0. The third-order valence-corrected chi connectivity index (χ3v) is 9.92. The summed E-state index contributed by atoms with van der Waals surface area (Å²) < 4.78 is 74.2. The third kappa shape index (κ3) is 6.78. The van der Waals surface area contributed by atoms with Gasteiger partial charge in [-0.2, -0.15) is 4.98 Å². The van der Waals surface area contributed by atoms with Crippen molar-refractivity contribution in [3.05, 3.63) is 53.3 Å². The number of alkyl halides is 3. The van der Waals surface area contributed by atoms with E-state index in [1.54, 1.807) is 24.3 Å². The van der Waals surface area contributed by atoms with Crippen molar-refractivity contribution in [3.8, 4) is 28.0 Å². The van der Waals surface area contributed by atoms with Crippen LogP contribution >= 0.6 is 11.3 Å². The van der Waals surface area contributed by atoms with Crippen LogP contribution in [0.2, 0.25) is 0 Å². The van der Waals surface area contributed by atoms with E-state index in [-0.39, 0.29) is 54.0 Å². The zero-order chi connectivity index (χ0) is 32.9. The molecule has 3 fully saturated rings. The Balaban J connectivity index is 1.06. The first-order valence-corrected chi connectivity index (χ1v) is 16.7. The van der Waals surface area contributed by atoms with Gasteiger partial charge in [-0.25, -0.2) is 4.79 Å². The van der Waals surface area contributed by atoms with E-state index in [4.69, 9.17) is 28.5 Å². The molecule has 0 aliphatic heterocycles. The van der Waals surface area contributed by atoms with Gasteiger partial charge < -0.3 is 28.2 Å². The molecule has 2 unspecified atom stereocenters. The SMILES string of the molecule is COC(=O)c1cc(OC(C)C)c2nc(OC3[C@@H]4CC[C@H]3CC(OCc3c(-c5ccccc5OC(F)(F)F)noc3C3CC3)C4)sc2c1. The molecule has 0 N–H and O–H groups in total. The number of fused-ring (bicyclic) bond motifs is 3. The standard InChI is InChI=1S/C34H35F3N2O7S/c1-17(2)43-26-14-21(32(40)41-3)15-27-29(26)38-33(47-27)44-30-19-10-11-20(30)13-22(12-19)42-16-24-28(39-46-31(24)18-8-9-18)23-6-4-5-7-25(23)45-34(35,36)37/h4-7,14-15,17-20,22,30H,8-13,16H2,1-3H3/t19-,20+,22?,30?. The Labute approximate surface area is 273 Å². The van der Waals surface area contributed by atoms with Crippen LogP contribution < -0.4 is 14.2 Å². The summed E-state index contributed by atoms with van der Waals surface area (Å²) in [6, 6.07) is 9.38. The fraction of sp³-hybridized carbons (Fsp3) is 0.500. The molecule has 2 aromatic carbocycles. The summed E-state index contributed by atoms with van der Waals surface area (Å²) in [5.74, 6) is 1.11. The number of aromatic nitrogens is 2. The number of halogens is 3. The largest absolute Gasteiger partial charge is 0.573 e. The lowest BCUT2D eigenvalue weighted by Crippen LogP contribution is -2.38. The number of carbonyl (C=O) groups is 1. The smallest absolute Gasteiger partial charge is 0.489 e. The van der Waals surface area contributed by atoms with Crippen LogP contribution in [-0.2, 0) is 16.1 Å². The highest BCUT2D eigenvalue weighted by molar-refractivity contribution is 7.20. The van der Waals surface area contributed by atoms with Crippen molar-refractivity contribution < 1.29 is 46.2 Å². The molecule has 7 rings (SSSR count). The van der Waals surface area contributed by atoms with E-state index in [1.807, 2.05) is 13.8 Å². The van der Waals surface area contributed by atoms with Crippen molar-refractivity contribution in [1.29, 1.82) is 0 Å². The van der Waals surface area contributed by atoms with E-state index in [1.165, 1.54) is 30.6 Å². The summed E-state index contributed by atoms with van der Waals surface area (Å²) in [6.07, 6.45) is 0.437. The Morgan fingerprint density at radius 1 is 1.06 bits per heavy atom. The van der Waals surface area contributed by atoms with Gasteiger partial charge in [0.1, 0.15) is 34.6 Å². The Morgan fingerprint density at radius 2 is 1.81 bits per heavy atom. The summed E-state index contributed by atoms with van der Waals surface area (Å²) in [7, 11) is 1.34. The molecule has 0 amide bonds. The van der Waals surface area contributed by atoms with Gasteiger partial charge in [-0.15, -0.1) is 13.2 Å². The van der Waals surface area contributed by atoms with Gasteiger partial charge >= 0.3 is 12.3 Å². The molecule has 4 atom stereocenters. The number of methoxy groups -OCH3 is 1. The number of thiazole rings is 1. The van der Waals surface area contributed by atoms with Crippen LogP contribution in [0.1, 0.15) is 80.0 Å². The fourth-order valence-corrected chi connectivity index (χ4v) is 7.80. The quantitative estimate of drug-likeness (QED) is 0.145. The summed E-state index contributed by atoms with van der Waals surface area (Å²) >= 11 is 1.38. The van der Waals surface area contributed by atoms with Crippen LogP contribution in [0, 0.1) is 11.8 Å². The predicted molar refractivity (Wildman–Crippen MR) is 166 cm³/mol. The Bertz CT molecular complexity index is 1750. The van der Waals surface area contributed by atoms with Crippen molar-refractivity contribution in [2.75, 3.05) is 7.11 Å². The normalized spacial score (nSPS) is 22.5. The van der Waals surface area contributed by atoms with Crippen molar-refractivity contribution in [2.24, 2.45) is 11.8 Å². The highest BCUT2D eigenvalue weighted by atomic mass is 32.1. The molecule has 13 heteroatoms. The second kappa shape index (κ2) is 12.6. The van der Waals surface area contributed by atoms with Gasteiger partial charge in [-0.3, -0.25) is 0 Å². The van der Waals surface area contributed by atoms with E-state index in [0.717, 1.165) is 43.2 Å². The van der Waals surface area contributed by atoms with Crippen LogP contribution in [0.4, 0.5) is 13.2 Å². The number of nitrogens with zero attached hydrogens (tertiary/aromatic N) is 2. The zero-order valence-electron chi connectivity index (χ0n) is 26.2. The number of benzene rings is 2. The molecule has 0 spiro atoms. The molecule has 2 heterocycles. The number of hydrogen-bond donors (Lipinski definition) is 0. The first-order valence-electron chi connectivity index (χ1n) is 15.9. The molecule has 47 heavy (non-hydrogen) atoms. The summed E-state index contributed by atoms with van der Waals surface area (Å²) in [5.41, 5.74) is 2.25. The minimum absolute atomic E-state index is 0.0236. The van der Waals surface area contributed by atoms with E-state index in [9.17, 15) is 18.0 Å². The van der Waals surface area contributed by atoms with E-state index >= 15 is 0 Å². The molecule has 0 radical (unpaired) electrons. The first-order chi connectivity index (χ1) is 22.6. The van der Waals surface area contributed by atoms with Crippen molar-refractivity contribution in [3.63, 3.8) is 0 Å². The number of para-hydroxylation sites is 1. The fourth-order valence-electron chi connectivity index (χ4n) is 6.89. The number of hydrogen-bond acceptors (Lipinski definition) is 10. The number of rotatable bonds is 11. The lowest BCUT2D eigenvalue weighted by atomic mass is 9.84. The third-order valence-electron chi connectivity index (χ3n) is 9.03. The summed E-state index contributed by atoms with van der Waals surface area (Å²) in [4.78, 5) is 17.1. The number of ether oxygens (including phenoxy) is 5. The Kier molecular flexibility index (Phi) is 8.54. The molecule has 3 aliphatic carbocycles. The molecule has 9 nitrogen and oxygen atoms in total. The highest BCUT2D eigenvalue weighted by Crippen LogP contribution is 2.49. The van der Waals surface area contributed by atoms with Crippen LogP contribution in [0.25, 0.3) is 21.5 Å². The van der Waals surface area contributed by atoms with Crippen LogP contribution in [-0.4, -0.2) is 47.9 Å². The lowest BCUT2D eigenvalue weighted by Gasteiger charge is -2.34. The van der Waals surface area contributed by atoms with E-state index < -0.39 is 12.3 Å². The second-order valence-electron chi connectivity index (χ2n) is 12.7. The molecular weight excluding hydrogens is 637 g/mol. The average Bonchev–Trinajstić information content (AvgIpc) is 3.58. The van der Waals surface area contributed by atoms with Crippen LogP contribution in [0.3, 0.4) is 0 Å². The van der Waals surface area contributed by atoms with E-state index in [2.05, 4.69) is 9.89 Å². The van der Waals surface area contributed by atoms with Gasteiger partial charge in [0.05, 0.1) is 36.2 Å². The van der Waals surface area contributed by atoms with Crippen molar-refractivity contribution in [2.45, 2.75) is 89.6 Å². The van der Waals surface area contributed by atoms with Crippen molar-refractivity contribution in [1.82, 2.24) is 10.1 Å². The van der Waals surface area contributed by atoms with E-state index in [0.29, 0.717) is 39.0 Å². The minimum atomic E-state index is -4.84. The van der Waals surface area contributed by atoms with Crippen molar-refractivity contribution >= 4 is 27.5 Å². The maximum absolute atomic E-state index is 13.2. The Hall–Kier alpha value is -3.84. The Morgan fingerprint density at radius 3 is 2.49 bits per heavy atom. The van der Waals surface area contributed by atoms with Gasteiger partial charge in [0.15, 0.2) is 0 Å². The number of esters is 1. The minimum Gasteiger partial charge on any atom is -0.489 e. The maximum atomic E-state index is 13.2. The second-order valence-corrected chi connectivity index (χ2v) is 13.7. The van der Waals surface area contributed by atoms with Gasteiger partial charge in [0.25, 0.3) is 5.19 Å². The molecule has 4 aromatic rings. The molecular formula is C34H35F3N2O7S. The average molecular weight is 673 g/mol. The highest BCUT2D eigenvalue weighted by Gasteiger charge is 2.45. The molecule has 3 saturated carbocycles. The van der Waals surface area contributed by atoms with Gasteiger partial charge in [-0.1, -0.05) is 28.6 Å². The molecule has 0 saturated heterocycles. The van der Waals surface area contributed by atoms with Gasteiger partial charge in [0.2, 0.25) is 0 Å². The monoisotopic (exact) mass is 672 g/mol. The van der Waals surface area contributed by atoms with Crippen LogP contribution in [0.5, 0.6) is 16.7 Å². The predicted octanol–water partition coefficient (Wildman–Crippen LogP) is 8.45. The molecule has 2 bridgehead atoms. The van der Waals surface area contributed by atoms with Crippen LogP contribution in [0.15, 0.2) is 40.9 Å². The molecule has 3 aliphatic rings. The first kappa shape index (κ1) is 31.7. The maximum Gasteiger partial charge on any atom is 0.573 e.